The van der Waals surface area contributed by atoms with Crippen LogP contribution in [0.3, 0.4) is 0 Å². The lowest BCUT2D eigenvalue weighted by atomic mass is 10.2. The number of rotatable bonds is 5. The Kier molecular flexibility index (Phi) is 5.11. The fourth-order valence-electron chi connectivity index (χ4n) is 1.29. The van der Waals surface area contributed by atoms with Crippen LogP contribution in [0, 0.1) is 0 Å². The maximum atomic E-state index is 11.5. The lowest BCUT2D eigenvalue weighted by Crippen LogP contribution is -2.47. The number of carboxylic acids is 1. The van der Waals surface area contributed by atoms with E-state index in [1.165, 1.54) is 7.05 Å². The van der Waals surface area contributed by atoms with E-state index in [2.05, 4.69) is 26.6 Å². The Morgan fingerprint density at radius 1 is 1.41 bits per heavy atom. The van der Waals surface area contributed by atoms with Gasteiger partial charge >= 0.3 is 5.97 Å². The number of nitrogens with one attached hydrogen (secondary N) is 2. The molecule has 0 aromatic heterocycles. The largest absolute Gasteiger partial charge is 0.480 e. The number of likely N-dealkylation sites (N-methyl/N-ethyl adjacent to an activating group) is 1. The monoisotopic (exact) mass is 300 g/mol. The molecule has 0 bridgehead atoms. The quantitative estimate of drug-likeness (QED) is 0.701. The number of benzene rings is 1. The zero-order chi connectivity index (χ0) is 12.8. The van der Waals surface area contributed by atoms with E-state index in [0.717, 1.165) is 10.0 Å². The van der Waals surface area contributed by atoms with Crippen molar-refractivity contribution in [1.82, 2.24) is 10.6 Å². The van der Waals surface area contributed by atoms with Crippen molar-refractivity contribution in [3.8, 4) is 0 Å². The lowest BCUT2D eigenvalue weighted by Gasteiger charge is -2.12. The number of aliphatic carboxylic acids is 1. The van der Waals surface area contributed by atoms with Crippen LogP contribution in [-0.4, -0.2) is 30.1 Å². The molecule has 0 aliphatic heterocycles. The molecule has 92 valence electrons. The second kappa shape index (κ2) is 6.36. The minimum atomic E-state index is -1.22. The third kappa shape index (κ3) is 3.83. The number of amides is 1. The van der Waals surface area contributed by atoms with Crippen molar-refractivity contribution in [3.63, 3.8) is 0 Å². The summed E-state index contributed by atoms with van der Waals surface area (Å²) >= 11 is 3.35. The molecule has 5 nitrogen and oxygen atoms in total. The second-order valence-electron chi connectivity index (χ2n) is 3.37. The Morgan fingerprint density at radius 2 is 2.06 bits per heavy atom. The van der Waals surface area contributed by atoms with Crippen LogP contribution in [0.25, 0.3) is 0 Å². The first kappa shape index (κ1) is 13.7. The van der Waals surface area contributed by atoms with Crippen LogP contribution in [0.15, 0.2) is 28.7 Å². The summed E-state index contributed by atoms with van der Waals surface area (Å²) in [5.41, 5.74) is 0.890. The highest BCUT2D eigenvalue weighted by atomic mass is 79.9. The van der Waals surface area contributed by atoms with E-state index in [9.17, 15) is 9.59 Å². The molecule has 0 heterocycles. The van der Waals surface area contributed by atoms with E-state index in [-0.39, 0.29) is 6.54 Å². The first-order valence-electron chi connectivity index (χ1n) is 4.97. The van der Waals surface area contributed by atoms with E-state index >= 15 is 0 Å². The summed E-state index contributed by atoms with van der Waals surface area (Å²) < 4.78 is 0.872. The van der Waals surface area contributed by atoms with Crippen LogP contribution in [0.5, 0.6) is 0 Å². The van der Waals surface area contributed by atoms with Gasteiger partial charge in [0.05, 0.1) is 0 Å². The van der Waals surface area contributed by atoms with Crippen LogP contribution in [0.2, 0.25) is 0 Å². The van der Waals surface area contributed by atoms with Gasteiger partial charge in [-0.15, -0.1) is 0 Å². The third-order valence-corrected chi connectivity index (χ3v) is 2.98. The molecule has 0 saturated carbocycles. The van der Waals surface area contributed by atoms with Gasteiger partial charge in [-0.05, 0) is 18.7 Å². The SMILES string of the molecule is CNC(C(=O)O)C(=O)NCc1ccccc1Br. The number of halogens is 1. The maximum Gasteiger partial charge on any atom is 0.330 e. The van der Waals surface area contributed by atoms with Crippen molar-refractivity contribution in [2.45, 2.75) is 12.6 Å². The predicted molar refractivity (Wildman–Crippen MR) is 66.5 cm³/mol. The van der Waals surface area contributed by atoms with Crippen LogP contribution >= 0.6 is 15.9 Å². The molecule has 0 radical (unpaired) electrons. The standard InChI is InChI=1S/C11H13BrN2O3/c1-13-9(11(16)17)10(15)14-6-7-4-2-3-5-8(7)12/h2-5,9,13H,6H2,1H3,(H,14,15)(H,16,17). The molecule has 0 saturated heterocycles. The van der Waals surface area contributed by atoms with E-state index in [0.29, 0.717) is 0 Å². The summed E-state index contributed by atoms with van der Waals surface area (Å²) in [7, 11) is 1.43. The van der Waals surface area contributed by atoms with Crippen molar-refractivity contribution in [3.05, 3.63) is 34.3 Å². The summed E-state index contributed by atoms with van der Waals surface area (Å²) in [6.07, 6.45) is 0. The van der Waals surface area contributed by atoms with E-state index < -0.39 is 17.9 Å². The Morgan fingerprint density at radius 3 is 2.59 bits per heavy atom. The van der Waals surface area contributed by atoms with Crippen molar-refractivity contribution in [1.29, 1.82) is 0 Å². The van der Waals surface area contributed by atoms with Crippen LogP contribution in [-0.2, 0) is 16.1 Å². The van der Waals surface area contributed by atoms with Gasteiger partial charge in [-0.3, -0.25) is 10.1 Å². The van der Waals surface area contributed by atoms with Crippen molar-refractivity contribution in [2.75, 3.05) is 7.05 Å². The highest BCUT2D eigenvalue weighted by Gasteiger charge is 2.23. The molecule has 1 amide bonds. The van der Waals surface area contributed by atoms with Gasteiger partial charge in [0.15, 0.2) is 6.04 Å². The van der Waals surface area contributed by atoms with Crippen molar-refractivity contribution < 1.29 is 14.7 Å². The minimum Gasteiger partial charge on any atom is -0.480 e. The molecule has 1 aromatic rings. The smallest absolute Gasteiger partial charge is 0.330 e. The van der Waals surface area contributed by atoms with E-state index in [4.69, 9.17) is 5.11 Å². The fourth-order valence-corrected chi connectivity index (χ4v) is 1.72. The molecular weight excluding hydrogens is 288 g/mol. The Hall–Kier alpha value is -1.40. The van der Waals surface area contributed by atoms with Crippen molar-refractivity contribution >= 4 is 27.8 Å². The Balaban J connectivity index is 2.59. The van der Waals surface area contributed by atoms with E-state index in [1.54, 1.807) is 0 Å². The van der Waals surface area contributed by atoms with E-state index in [1.807, 2.05) is 24.3 Å². The lowest BCUT2D eigenvalue weighted by molar-refractivity contribution is -0.143. The summed E-state index contributed by atoms with van der Waals surface area (Å²) in [6.45, 7) is 0.283. The van der Waals surface area contributed by atoms with Gasteiger partial charge in [-0.2, -0.15) is 0 Å². The zero-order valence-electron chi connectivity index (χ0n) is 9.24. The van der Waals surface area contributed by atoms with Gasteiger partial charge in [-0.1, -0.05) is 34.1 Å². The minimum absolute atomic E-state index is 0.283. The van der Waals surface area contributed by atoms with Gasteiger partial charge in [-0.25, -0.2) is 4.79 Å². The molecule has 0 aliphatic carbocycles. The molecule has 1 atom stereocenters. The van der Waals surface area contributed by atoms with Crippen LogP contribution in [0.4, 0.5) is 0 Å². The van der Waals surface area contributed by atoms with Crippen LogP contribution < -0.4 is 10.6 Å². The molecule has 1 aromatic carbocycles. The number of carboxylic acid groups (broad SMARTS) is 1. The molecular formula is C11H13BrN2O3. The Labute approximate surface area is 107 Å². The summed E-state index contributed by atoms with van der Waals surface area (Å²) in [5.74, 6) is -1.76. The van der Waals surface area contributed by atoms with Gasteiger partial charge < -0.3 is 10.4 Å². The molecule has 0 aliphatic rings. The summed E-state index contributed by atoms with van der Waals surface area (Å²) in [5, 5.41) is 13.8. The molecule has 0 spiro atoms. The fraction of sp³-hybridized carbons (Fsp3) is 0.273. The van der Waals surface area contributed by atoms with Crippen LogP contribution in [0.1, 0.15) is 5.56 Å². The first-order chi connectivity index (χ1) is 8.06. The zero-order valence-corrected chi connectivity index (χ0v) is 10.8. The summed E-state index contributed by atoms with van der Waals surface area (Å²) in [6, 6.07) is 6.19. The molecule has 0 fully saturated rings. The molecule has 1 rings (SSSR count). The maximum absolute atomic E-state index is 11.5. The molecule has 6 heteroatoms. The third-order valence-electron chi connectivity index (χ3n) is 2.21. The average Bonchev–Trinajstić information content (AvgIpc) is 2.28. The molecule has 1 unspecified atom stereocenters. The predicted octanol–water partition coefficient (Wildman–Crippen LogP) is 0.738. The average molecular weight is 301 g/mol. The van der Waals surface area contributed by atoms with Gasteiger partial charge in [0.2, 0.25) is 5.91 Å². The Bertz CT molecular complexity index is 423. The van der Waals surface area contributed by atoms with Crippen molar-refractivity contribution in [2.24, 2.45) is 0 Å². The number of hydrogen-bond acceptors (Lipinski definition) is 3. The van der Waals surface area contributed by atoms with Gasteiger partial charge in [0.1, 0.15) is 0 Å². The topological polar surface area (TPSA) is 78.4 Å². The second-order valence-corrected chi connectivity index (χ2v) is 4.22. The summed E-state index contributed by atoms with van der Waals surface area (Å²) in [4.78, 5) is 22.2. The van der Waals surface area contributed by atoms with Gasteiger partial charge in [0, 0.05) is 11.0 Å². The number of carbonyl (C=O) groups excluding carboxylic acids is 1. The van der Waals surface area contributed by atoms with Gasteiger partial charge in [0.25, 0.3) is 0 Å². The normalized spacial score (nSPS) is 11.9. The highest BCUT2D eigenvalue weighted by Crippen LogP contribution is 2.15. The molecule has 17 heavy (non-hydrogen) atoms. The highest BCUT2D eigenvalue weighted by molar-refractivity contribution is 9.10. The number of carbonyl (C=O) groups is 2. The molecule has 3 N–H and O–H groups in total. The first-order valence-corrected chi connectivity index (χ1v) is 5.76. The number of hydrogen-bond donors (Lipinski definition) is 3.